The van der Waals surface area contributed by atoms with E-state index in [9.17, 15) is 49.9 Å². The number of rotatable bonds is 6. The lowest BCUT2D eigenvalue weighted by Gasteiger charge is -2.21. The number of fused-ring (bicyclic) bond motifs is 7. The Balaban J connectivity index is 1.76. The fourth-order valence-electron chi connectivity index (χ4n) is 8.25. The maximum atomic E-state index is 14.2. The quantitative estimate of drug-likeness (QED) is 0.0948. The van der Waals surface area contributed by atoms with Crippen LogP contribution in [-0.2, 0) is 4.57 Å². The Kier molecular flexibility index (Phi) is 8.43. The third-order valence-corrected chi connectivity index (χ3v) is 11.1. The Labute approximate surface area is 310 Å². The average Bonchev–Trinajstić information content (AvgIpc) is 3.21. The molecule has 7 rings (SSSR count). The highest BCUT2D eigenvalue weighted by molar-refractivity contribution is 7.48. The summed E-state index contributed by atoms with van der Waals surface area (Å²) in [6, 6.07) is 16.8. The third-order valence-electron chi connectivity index (χ3n) is 10.3. The van der Waals surface area contributed by atoms with Crippen LogP contribution < -0.4 is 9.05 Å². The van der Waals surface area contributed by atoms with Gasteiger partial charge in [0, 0.05) is 55.6 Å². The highest BCUT2D eigenvalue weighted by Gasteiger charge is 2.41. The van der Waals surface area contributed by atoms with E-state index in [1.54, 1.807) is 60.7 Å². The number of hydrogen-bond acceptors (Lipinski definition) is 11. The van der Waals surface area contributed by atoms with Gasteiger partial charge >= 0.3 is 7.82 Å². The normalized spacial score (nSPS) is 13.0. The van der Waals surface area contributed by atoms with Gasteiger partial charge in [0.15, 0.2) is 0 Å². The average molecular weight is 765 g/mol. The van der Waals surface area contributed by atoms with Gasteiger partial charge in [-0.2, -0.15) is 0 Å². The van der Waals surface area contributed by atoms with Gasteiger partial charge in [0.05, 0.1) is 19.7 Å². The number of nitro groups is 4. The summed E-state index contributed by atoms with van der Waals surface area (Å²) in [5, 5.41) is 51.6. The van der Waals surface area contributed by atoms with Crippen molar-refractivity contribution in [3.8, 4) is 44.9 Å². The summed E-state index contributed by atoms with van der Waals surface area (Å²) in [7, 11) is -5.28. The first-order valence-electron chi connectivity index (χ1n) is 16.6. The molecule has 17 heteroatoms. The first kappa shape index (κ1) is 36.6. The maximum absolute atomic E-state index is 14.2. The zero-order chi connectivity index (χ0) is 40.0. The van der Waals surface area contributed by atoms with E-state index in [-0.39, 0.29) is 78.3 Å². The molecule has 1 aliphatic heterocycles. The van der Waals surface area contributed by atoms with Gasteiger partial charge in [0.25, 0.3) is 22.7 Å². The van der Waals surface area contributed by atoms with Crippen LogP contribution in [0, 0.1) is 82.0 Å². The van der Waals surface area contributed by atoms with Gasteiger partial charge in [-0.3, -0.25) is 45.4 Å². The van der Waals surface area contributed by atoms with Gasteiger partial charge in [-0.1, -0.05) is 48.5 Å². The molecule has 0 radical (unpaired) electrons. The van der Waals surface area contributed by atoms with E-state index in [1.807, 2.05) is 0 Å². The Morgan fingerprint density at radius 2 is 0.782 bits per heavy atom. The van der Waals surface area contributed by atoms with E-state index in [4.69, 9.17) is 9.05 Å². The van der Waals surface area contributed by atoms with Crippen molar-refractivity contribution < 1.29 is 38.2 Å². The molecule has 0 unspecified atom stereocenters. The maximum Gasteiger partial charge on any atom is 0.584 e. The zero-order valence-corrected chi connectivity index (χ0v) is 30.8. The highest BCUT2D eigenvalue weighted by Crippen LogP contribution is 2.63. The first-order chi connectivity index (χ1) is 25.9. The molecule has 0 saturated carbocycles. The molecule has 0 spiro atoms. The monoisotopic (exact) mass is 764 g/mol. The van der Waals surface area contributed by atoms with Crippen molar-refractivity contribution in [3.63, 3.8) is 0 Å². The SMILES string of the molecule is Cc1c(-c2cc3ccccc3c3c2OP(=O)(O)Oc2c(-c4c(C)c([N+](=O)[O-])c(C)c([N+](=O)[O-])c4C)cc4ccccc4c2-3)c(C)c([N+](=O)[O-])c(C)c1[N+](=O)[O-]. The molecule has 6 aromatic carbocycles. The van der Waals surface area contributed by atoms with Crippen LogP contribution in [0.15, 0.2) is 60.7 Å². The summed E-state index contributed by atoms with van der Waals surface area (Å²) in [6.07, 6.45) is 0. The van der Waals surface area contributed by atoms with Crippen LogP contribution in [0.4, 0.5) is 22.7 Å². The lowest BCUT2D eigenvalue weighted by molar-refractivity contribution is -0.396. The van der Waals surface area contributed by atoms with Crippen LogP contribution in [0.1, 0.15) is 33.4 Å². The van der Waals surface area contributed by atoms with Crippen molar-refractivity contribution in [2.24, 2.45) is 0 Å². The molecule has 278 valence electrons. The van der Waals surface area contributed by atoms with Gasteiger partial charge in [-0.15, -0.1) is 0 Å². The third kappa shape index (κ3) is 5.44. The molecule has 0 fully saturated rings. The number of phosphoric acid groups is 1. The fraction of sp³-hybridized carbons (Fsp3) is 0.158. The summed E-state index contributed by atoms with van der Waals surface area (Å²) >= 11 is 0. The van der Waals surface area contributed by atoms with Gasteiger partial charge < -0.3 is 9.05 Å². The Bertz CT molecular complexity index is 2580. The van der Waals surface area contributed by atoms with Crippen molar-refractivity contribution in [2.45, 2.75) is 41.5 Å². The minimum atomic E-state index is -5.28. The van der Waals surface area contributed by atoms with Crippen LogP contribution in [0.25, 0.3) is 54.9 Å². The molecule has 0 amide bonds. The number of phosphoric ester groups is 1. The predicted molar refractivity (Wildman–Crippen MR) is 204 cm³/mol. The summed E-state index contributed by atoms with van der Waals surface area (Å²) in [4.78, 5) is 58.4. The van der Waals surface area contributed by atoms with E-state index in [1.165, 1.54) is 41.5 Å². The van der Waals surface area contributed by atoms with Crippen molar-refractivity contribution >= 4 is 52.1 Å². The summed E-state index contributed by atoms with van der Waals surface area (Å²) in [5.74, 6) is -0.558. The molecule has 1 heterocycles. The van der Waals surface area contributed by atoms with Crippen LogP contribution in [-0.4, -0.2) is 24.6 Å². The molecular formula is C38H29N4O12P. The fourth-order valence-corrected chi connectivity index (χ4v) is 9.13. The van der Waals surface area contributed by atoms with Crippen molar-refractivity contribution in [2.75, 3.05) is 0 Å². The number of benzene rings is 6. The minimum Gasteiger partial charge on any atom is -0.394 e. The van der Waals surface area contributed by atoms with Crippen molar-refractivity contribution in [1.29, 1.82) is 0 Å². The van der Waals surface area contributed by atoms with Gasteiger partial charge in [-0.25, -0.2) is 4.57 Å². The van der Waals surface area contributed by atoms with Crippen molar-refractivity contribution in [1.82, 2.24) is 0 Å². The second-order valence-electron chi connectivity index (χ2n) is 13.3. The molecule has 6 aromatic rings. The molecule has 0 bridgehead atoms. The van der Waals surface area contributed by atoms with Crippen LogP contribution in [0.5, 0.6) is 11.5 Å². The highest BCUT2D eigenvalue weighted by atomic mass is 31.2. The molecule has 0 aromatic heterocycles. The Morgan fingerprint density at radius 3 is 1.07 bits per heavy atom. The molecule has 0 aliphatic carbocycles. The van der Waals surface area contributed by atoms with Gasteiger partial charge in [0.2, 0.25) is 0 Å². The Hall–Kier alpha value is -6.77. The first-order valence-corrected chi connectivity index (χ1v) is 18.1. The molecule has 0 atom stereocenters. The summed E-state index contributed by atoms with van der Waals surface area (Å²) in [5.41, 5.74) is -1.87. The smallest absolute Gasteiger partial charge is 0.394 e. The molecule has 0 saturated heterocycles. The van der Waals surface area contributed by atoms with Gasteiger partial charge in [-0.05, 0) is 75.2 Å². The second kappa shape index (κ2) is 12.7. The number of nitrogens with zero attached hydrogens (tertiary/aromatic N) is 4. The largest absolute Gasteiger partial charge is 0.584 e. The standard InChI is InChI=1S/C38H29N4O12P/c1-17-29(18(2)34(40(45)46)21(5)33(17)39(43)44)27-15-23-11-7-9-13-25(23)31-32-26-14-10-8-12-24(26)16-28(38(32)54-55(51,52)53-37(27)31)30-19(3)35(41(47)48)22(6)36(20(30)4)42(49)50/h7-16H,1-6H3,(H,51,52). The van der Waals surface area contributed by atoms with Crippen LogP contribution in [0.2, 0.25) is 0 Å². The van der Waals surface area contributed by atoms with Crippen molar-refractivity contribution in [3.05, 3.63) is 135 Å². The predicted octanol–water partition coefficient (Wildman–Crippen LogP) is 10.3. The Morgan fingerprint density at radius 1 is 0.491 bits per heavy atom. The van der Waals surface area contributed by atoms with Gasteiger partial charge in [0.1, 0.15) is 22.6 Å². The molecule has 55 heavy (non-hydrogen) atoms. The lowest BCUT2D eigenvalue weighted by atomic mass is 9.82. The van der Waals surface area contributed by atoms with Crippen LogP contribution >= 0.6 is 7.82 Å². The summed E-state index contributed by atoms with van der Waals surface area (Å²) in [6.45, 7) is 8.26. The number of nitro benzene ring substituents is 4. The molecule has 16 nitrogen and oxygen atoms in total. The minimum absolute atomic E-state index is 0.0177. The van der Waals surface area contributed by atoms with E-state index in [0.29, 0.717) is 21.5 Å². The van der Waals surface area contributed by atoms with E-state index in [0.717, 1.165) is 0 Å². The lowest BCUT2D eigenvalue weighted by Crippen LogP contribution is -2.06. The van der Waals surface area contributed by atoms with E-state index in [2.05, 4.69) is 0 Å². The number of hydrogen-bond donors (Lipinski definition) is 1. The van der Waals surface area contributed by atoms with Crippen LogP contribution in [0.3, 0.4) is 0 Å². The topological polar surface area (TPSA) is 228 Å². The second-order valence-corrected chi connectivity index (χ2v) is 14.6. The molecule has 1 N–H and O–H groups in total. The summed E-state index contributed by atoms with van der Waals surface area (Å²) < 4.78 is 26.1. The molecule has 1 aliphatic rings. The van der Waals surface area contributed by atoms with E-state index >= 15 is 0 Å². The molecular weight excluding hydrogens is 735 g/mol. The zero-order valence-electron chi connectivity index (χ0n) is 29.9. The van der Waals surface area contributed by atoms with E-state index < -0.39 is 50.3 Å².